The lowest BCUT2D eigenvalue weighted by Crippen LogP contribution is -2.39. The molecule has 0 saturated carbocycles. The van der Waals surface area contributed by atoms with Gasteiger partial charge in [-0.3, -0.25) is 9.59 Å². The molecule has 2 aliphatic rings. The van der Waals surface area contributed by atoms with Gasteiger partial charge in [0.15, 0.2) is 11.5 Å². The average molecular weight is 510 g/mol. The van der Waals surface area contributed by atoms with Crippen molar-refractivity contribution in [3.8, 4) is 11.3 Å². The number of aryl methyl sites for hydroxylation is 3. The summed E-state index contributed by atoms with van der Waals surface area (Å²) in [6.45, 7) is 9.73. The van der Waals surface area contributed by atoms with Gasteiger partial charge in [-0.05, 0) is 57.7 Å². The number of piperidine rings is 1. The Kier molecular flexibility index (Phi) is 5.94. The van der Waals surface area contributed by atoms with Gasteiger partial charge in [0.05, 0.1) is 34.8 Å². The number of carbonyl (C=O) groups is 2. The first-order valence-corrected chi connectivity index (χ1v) is 13.2. The van der Waals surface area contributed by atoms with Gasteiger partial charge < -0.3 is 19.5 Å². The first-order valence-electron chi connectivity index (χ1n) is 13.2. The van der Waals surface area contributed by atoms with E-state index in [2.05, 4.69) is 48.3 Å². The summed E-state index contributed by atoms with van der Waals surface area (Å²) in [6, 6.07) is 13.8. The Bertz CT molecular complexity index is 1580. The SMILES string of the molecule is CCOC(=O)C1CCCN(c2cc(Nc3c(C)cc(C)cc3C)c3c4c(onc24)-c2ccccc2C3=O)C1. The molecule has 0 radical (unpaired) electrons. The molecule has 38 heavy (non-hydrogen) atoms. The molecule has 0 bridgehead atoms. The molecule has 194 valence electrons. The van der Waals surface area contributed by atoms with Crippen LogP contribution in [0.5, 0.6) is 0 Å². The highest BCUT2D eigenvalue weighted by Gasteiger charge is 2.35. The van der Waals surface area contributed by atoms with Crippen molar-refractivity contribution in [2.75, 3.05) is 29.9 Å². The van der Waals surface area contributed by atoms with Crippen molar-refractivity contribution in [1.29, 1.82) is 0 Å². The maximum Gasteiger partial charge on any atom is 0.310 e. The highest BCUT2D eigenvalue weighted by atomic mass is 16.5. The summed E-state index contributed by atoms with van der Waals surface area (Å²) in [7, 11) is 0. The van der Waals surface area contributed by atoms with Crippen molar-refractivity contribution in [2.45, 2.75) is 40.5 Å². The number of esters is 1. The van der Waals surface area contributed by atoms with E-state index in [1.54, 1.807) is 0 Å². The van der Waals surface area contributed by atoms with Crippen molar-refractivity contribution < 1.29 is 18.8 Å². The number of carbonyl (C=O) groups excluding carboxylic acids is 2. The van der Waals surface area contributed by atoms with Crippen molar-refractivity contribution >= 4 is 39.7 Å². The third-order valence-corrected chi connectivity index (χ3v) is 7.70. The molecule has 0 amide bonds. The Morgan fingerprint density at radius 1 is 1.13 bits per heavy atom. The zero-order chi connectivity index (χ0) is 26.6. The second-order valence-corrected chi connectivity index (χ2v) is 10.4. The molecule has 1 atom stereocenters. The number of aromatic nitrogens is 1. The Morgan fingerprint density at radius 3 is 2.61 bits per heavy atom. The Morgan fingerprint density at radius 2 is 1.87 bits per heavy atom. The van der Waals surface area contributed by atoms with Crippen LogP contribution in [0.15, 0.2) is 47.0 Å². The smallest absolute Gasteiger partial charge is 0.310 e. The lowest BCUT2D eigenvalue weighted by atomic mass is 9.86. The number of ketones is 1. The van der Waals surface area contributed by atoms with E-state index in [-0.39, 0.29) is 17.7 Å². The number of nitrogens with zero attached hydrogens (tertiary/aromatic N) is 2. The standard InChI is InChI=1S/C31H31N3O4/c1-5-37-31(36)20-9-8-12-34(16-20)24-15-23(32-27-18(3)13-17(2)14-19(27)4)25-26-28(24)33-38-30(26)22-11-7-6-10-21(22)29(25)35/h6-7,10-11,13-15,20,32H,5,8-9,12,16H2,1-4H3. The normalized spacial score (nSPS) is 16.5. The second-order valence-electron chi connectivity index (χ2n) is 10.4. The molecule has 1 aliphatic heterocycles. The summed E-state index contributed by atoms with van der Waals surface area (Å²) in [5.41, 5.74) is 8.50. The van der Waals surface area contributed by atoms with Gasteiger partial charge in [-0.25, -0.2) is 0 Å². The van der Waals surface area contributed by atoms with Gasteiger partial charge in [-0.15, -0.1) is 0 Å². The van der Waals surface area contributed by atoms with Crippen LogP contribution in [0.2, 0.25) is 0 Å². The van der Waals surface area contributed by atoms with E-state index in [4.69, 9.17) is 9.26 Å². The average Bonchev–Trinajstić information content (AvgIpc) is 3.35. The van der Waals surface area contributed by atoms with E-state index in [9.17, 15) is 9.59 Å². The van der Waals surface area contributed by atoms with Crippen LogP contribution in [-0.2, 0) is 9.53 Å². The van der Waals surface area contributed by atoms with Gasteiger partial charge in [0, 0.05) is 29.9 Å². The van der Waals surface area contributed by atoms with Crippen molar-refractivity contribution in [2.24, 2.45) is 5.92 Å². The number of ether oxygens (including phenoxy) is 1. The predicted octanol–water partition coefficient (Wildman–Crippen LogP) is 6.49. The number of hydrogen-bond acceptors (Lipinski definition) is 7. The fourth-order valence-corrected chi connectivity index (χ4v) is 6.04. The first-order chi connectivity index (χ1) is 18.4. The van der Waals surface area contributed by atoms with Crippen LogP contribution in [0.25, 0.3) is 22.2 Å². The second kappa shape index (κ2) is 9.31. The number of fused-ring (bicyclic) bond motifs is 2. The van der Waals surface area contributed by atoms with Gasteiger partial charge in [0.1, 0.15) is 5.52 Å². The Balaban J connectivity index is 1.55. The highest BCUT2D eigenvalue weighted by molar-refractivity contribution is 6.29. The van der Waals surface area contributed by atoms with Crippen LogP contribution >= 0.6 is 0 Å². The minimum Gasteiger partial charge on any atom is -0.466 e. The van der Waals surface area contributed by atoms with E-state index >= 15 is 0 Å². The predicted molar refractivity (Wildman–Crippen MR) is 148 cm³/mol. The van der Waals surface area contributed by atoms with Gasteiger partial charge in [-0.2, -0.15) is 0 Å². The van der Waals surface area contributed by atoms with Crippen molar-refractivity contribution in [1.82, 2.24) is 5.16 Å². The Hall–Kier alpha value is -4.13. The summed E-state index contributed by atoms with van der Waals surface area (Å²) in [5, 5.41) is 8.82. The van der Waals surface area contributed by atoms with Gasteiger partial charge in [-0.1, -0.05) is 47.1 Å². The number of nitrogens with one attached hydrogen (secondary N) is 1. The van der Waals surface area contributed by atoms with Gasteiger partial charge >= 0.3 is 5.97 Å². The molecule has 1 saturated heterocycles. The van der Waals surface area contributed by atoms with E-state index in [1.165, 1.54) is 5.56 Å². The zero-order valence-electron chi connectivity index (χ0n) is 22.2. The van der Waals surface area contributed by atoms with Crippen LogP contribution in [0.3, 0.4) is 0 Å². The summed E-state index contributed by atoms with van der Waals surface area (Å²) in [6.07, 6.45) is 1.65. The molecule has 1 fully saturated rings. The van der Waals surface area contributed by atoms with E-state index < -0.39 is 0 Å². The number of hydrogen-bond donors (Lipinski definition) is 1. The monoisotopic (exact) mass is 509 g/mol. The van der Waals surface area contributed by atoms with Crippen molar-refractivity contribution in [3.63, 3.8) is 0 Å². The van der Waals surface area contributed by atoms with E-state index in [1.807, 2.05) is 37.3 Å². The maximum absolute atomic E-state index is 13.9. The molecule has 7 nitrogen and oxygen atoms in total. The molecule has 6 rings (SSSR count). The third-order valence-electron chi connectivity index (χ3n) is 7.70. The molecule has 3 aromatic carbocycles. The minimum atomic E-state index is -0.210. The van der Waals surface area contributed by atoms with E-state index in [0.717, 1.165) is 52.8 Å². The van der Waals surface area contributed by atoms with Crippen LogP contribution < -0.4 is 10.2 Å². The largest absolute Gasteiger partial charge is 0.466 e. The molecule has 4 aromatic rings. The molecule has 1 unspecified atom stereocenters. The van der Waals surface area contributed by atoms with Gasteiger partial charge in [0.2, 0.25) is 0 Å². The zero-order valence-corrected chi connectivity index (χ0v) is 22.2. The lowest BCUT2D eigenvalue weighted by Gasteiger charge is -2.34. The number of rotatable bonds is 5. The van der Waals surface area contributed by atoms with Crippen molar-refractivity contribution in [3.05, 3.63) is 70.3 Å². The molecule has 1 N–H and O–H groups in total. The lowest BCUT2D eigenvalue weighted by molar-refractivity contribution is -0.148. The maximum atomic E-state index is 13.9. The molecular formula is C31H31N3O4. The van der Waals surface area contributed by atoms with Crippen LogP contribution in [0.4, 0.5) is 17.1 Å². The third kappa shape index (κ3) is 3.85. The molecular weight excluding hydrogens is 478 g/mol. The molecule has 1 aromatic heterocycles. The fraction of sp³-hybridized carbons (Fsp3) is 0.323. The summed E-state index contributed by atoms with van der Waals surface area (Å²) >= 11 is 0. The molecule has 2 heterocycles. The number of benzene rings is 3. The van der Waals surface area contributed by atoms with Crippen LogP contribution in [-0.4, -0.2) is 36.6 Å². The first kappa shape index (κ1) is 24.2. The highest BCUT2D eigenvalue weighted by Crippen LogP contribution is 2.47. The summed E-state index contributed by atoms with van der Waals surface area (Å²) < 4.78 is 11.3. The van der Waals surface area contributed by atoms with E-state index in [0.29, 0.717) is 41.2 Å². The molecule has 1 aliphatic carbocycles. The van der Waals surface area contributed by atoms with Crippen LogP contribution in [0, 0.1) is 26.7 Å². The van der Waals surface area contributed by atoms with Gasteiger partial charge in [0.25, 0.3) is 0 Å². The fourth-order valence-electron chi connectivity index (χ4n) is 6.04. The minimum absolute atomic E-state index is 0.0548. The summed E-state index contributed by atoms with van der Waals surface area (Å²) in [5.74, 6) is 0.172. The quantitative estimate of drug-likeness (QED) is 0.271. The Labute approximate surface area is 221 Å². The topological polar surface area (TPSA) is 84.7 Å². The molecule has 7 heteroatoms. The molecule has 0 spiro atoms. The van der Waals surface area contributed by atoms with Crippen LogP contribution in [0.1, 0.15) is 52.4 Å². The summed E-state index contributed by atoms with van der Waals surface area (Å²) in [4.78, 5) is 28.7. The number of anilines is 3.